The maximum absolute atomic E-state index is 11.1. The molecule has 2 unspecified atom stereocenters. The molecule has 1 aliphatic heterocycles. The van der Waals surface area contributed by atoms with Crippen molar-refractivity contribution >= 4 is 27.9 Å². The molecule has 17 heavy (non-hydrogen) atoms. The number of hydrogen-bond acceptors (Lipinski definition) is 3. The van der Waals surface area contributed by atoms with Gasteiger partial charge in [0.05, 0.1) is 5.69 Å². The van der Waals surface area contributed by atoms with Crippen LogP contribution in [-0.2, 0) is 0 Å². The lowest BCUT2D eigenvalue weighted by atomic mass is 9.91. The maximum atomic E-state index is 11.1. The van der Waals surface area contributed by atoms with Gasteiger partial charge in [0.2, 0.25) is 0 Å². The molecular formula is C13H17BrN2O. The lowest BCUT2D eigenvalue weighted by Gasteiger charge is -2.36. The van der Waals surface area contributed by atoms with Gasteiger partial charge in [-0.2, -0.15) is 0 Å². The Morgan fingerprint density at radius 2 is 2.00 bits per heavy atom. The van der Waals surface area contributed by atoms with Gasteiger partial charge >= 0.3 is 0 Å². The van der Waals surface area contributed by atoms with Crippen molar-refractivity contribution in [2.75, 3.05) is 18.0 Å². The standard InChI is InChI=1S/C13H17BrN2O/c1-9-5-10(2)7-16(6-9)12-3-4-13(14)15-11(12)8-17/h3-4,8-10H,5-7H2,1-2H3. The van der Waals surface area contributed by atoms with Gasteiger partial charge in [-0.25, -0.2) is 4.98 Å². The summed E-state index contributed by atoms with van der Waals surface area (Å²) in [5.41, 5.74) is 1.49. The first-order valence-electron chi connectivity index (χ1n) is 5.97. The molecule has 0 aromatic carbocycles. The van der Waals surface area contributed by atoms with Crippen LogP contribution in [0.15, 0.2) is 16.7 Å². The van der Waals surface area contributed by atoms with Crippen molar-refractivity contribution in [2.24, 2.45) is 11.8 Å². The van der Waals surface area contributed by atoms with Crippen LogP contribution in [0.4, 0.5) is 5.69 Å². The van der Waals surface area contributed by atoms with E-state index in [-0.39, 0.29) is 0 Å². The molecule has 2 atom stereocenters. The Morgan fingerprint density at radius 1 is 1.35 bits per heavy atom. The van der Waals surface area contributed by atoms with E-state index in [1.165, 1.54) is 6.42 Å². The smallest absolute Gasteiger partial charge is 0.170 e. The average molecular weight is 297 g/mol. The van der Waals surface area contributed by atoms with Crippen LogP contribution < -0.4 is 4.90 Å². The fourth-order valence-electron chi connectivity index (χ4n) is 2.66. The second-order valence-corrected chi connectivity index (χ2v) is 5.82. The SMILES string of the molecule is CC1CC(C)CN(c2ccc(Br)nc2C=O)C1. The Labute approximate surface area is 110 Å². The number of carbonyl (C=O) groups excluding carboxylic acids is 1. The number of aldehydes is 1. The Kier molecular flexibility index (Phi) is 3.82. The third-order valence-electron chi connectivity index (χ3n) is 3.19. The number of aromatic nitrogens is 1. The number of anilines is 1. The molecule has 1 aromatic heterocycles. The van der Waals surface area contributed by atoms with Gasteiger partial charge in [0.15, 0.2) is 6.29 Å². The normalized spacial score (nSPS) is 24.8. The largest absolute Gasteiger partial charge is 0.369 e. The van der Waals surface area contributed by atoms with Crippen LogP contribution in [0.2, 0.25) is 0 Å². The van der Waals surface area contributed by atoms with Crippen molar-refractivity contribution in [3.05, 3.63) is 22.4 Å². The minimum atomic E-state index is 0.528. The molecule has 0 bridgehead atoms. The van der Waals surface area contributed by atoms with Gasteiger partial charge in [-0.05, 0) is 46.3 Å². The summed E-state index contributed by atoms with van der Waals surface area (Å²) < 4.78 is 0.710. The monoisotopic (exact) mass is 296 g/mol. The molecule has 1 saturated heterocycles. The summed E-state index contributed by atoms with van der Waals surface area (Å²) in [7, 11) is 0. The summed E-state index contributed by atoms with van der Waals surface area (Å²) in [6.07, 6.45) is 2.10. The first-order chi connectivity index (χ1) is 8.10. The molecule has 92 valence electrons. The molecule has 0 amide bonds. The van der Waals surface area contributed by atoms with Crippen molar-refractivity contribution in [1.82, 2.24) is 4.98 Å². The van der Waals surface area contributed by atoms with E-state index in [2.05, 4.69) is 39.7 Å². The summed E-state index contributed by atoms with van der Waals surface area (Å²) in [6.45, 7) is 6.54. The van der Waals surface area contributed by atoms with Crippen molar-refractivity contribution < 1.29 is 4.79 Å². The van der Waals surface area contributed by atoms with Gasteiger partial charge in [-0.15, -0.1) is 0 Å². The van der Waals surface area contributed by atoms with Gasteiger partial charge in [0, 0.05) is 13.1 Å². The number of halogens is 1. The first kappa shape index (κ1) is 12.6. The molecule has 0 aliphatic carbocycles. The summed E-state index contributed by atoms with van der Waals surface area (Å²) in [5.74, 6) is 1.34. The van der Waals surface area contributed by atoms with Crippen molar-refractivity contribution in [1.29, 1.82) is 0 Å². The van der Waals surface area contributed by atoms with Gasteiger partial charge in [0.25, 0.3) is 0 Å². The van der Waals surface area contributed by atoms with Crippen molar-refractivity contribution in [2.45, 2.75) is 20.3 Å². The van der Waals surface area contributed by atoms with Gasteiger partial charge in [0.1, 0.15) is 10.3 Å². The second-order valence-electron chi connectivity index (χ2n) is 5.01. The van der Waals surface area contributed by atoms with Crippen LogP contribution in [0.1, 0.15) is 30.8 Å². The third-order valence-corrected chi connectivity index (χ3v) is 3.63. The zero-order chi connectivity index (χ0) is 12.4. The fraction of sp³-hybridized carbons (Fsp3) is 0.538. The van der Waals surface area contributed by atoms with Crippen LogP contribution in [-0.4, -0.2) is 24.4 Å². The van der Waals surface area contributed by atoms with E-state index in [9.17, 15) is 4.79 Å². The lowest BCUT2D eigenvalue weighted by molar-refractivity contribution is 0.111. The van der Waals surface area contributed by atoms with Crippen LogP contribution in [0.5, 0.6) is 0 Å². The third kappa shape index (κ3) is 2.86. The summed E-state index contributed by atoms with van der Waals surface area (Å²) in [4.78, 5) is 17.6. The minimum absolute atomic E-state index is 0.528. The molecule has 0 radical (unpaired) electrons. The van der Waals surface area contributed by atoms with E-state index in [0.717, 1.165) is 25.1 Å². The molecule has 2 rings (SSSR count). The predicted octanol–water partition coefficient (Wildman–Crippen LogP) is 3.14. The maximum Gasteiger partial charge on any atom is 0.170 e. The van der Waals surface area contributed by atoms with Crippen LogP contribution in [0, 0.1) is 11.8 Å². The Balaban J connectivity index is 2.29. The fourth-order valence-corrected chi connectivity index (χ4v) is 2.98. The molecule has 1 aliphatic rings. The van der Waals surface area contributed by atoms with E-state index in [4.69, 9.17) is 0 Å². The highest BCUT2D eigenvalue weighted by molar-refractivity contribution is 9.10. The minimum Gasteiger partial charge on any atom is -0.369 e. The number of pyridine rings is 1. The van der Waals surface area contributed by atoms with Gasteiger partial charge in [-0.1, -0.05) is 13.8 Å². The molecule has 0 N–H and O–H groups in total. The number of piperidine rings is 1. The second kappa shape index (κ2) is 5.17. The Morgan fingerprint density at radius 3 is 2.59 bits per heavy atom. The summed E-state index contributed by atoms with van der Waals surface area (Å²) in [5, 5.41) is 0. The Bertz CT molecular complexity index is 412. The quantitative estimate of drug-likeness (QED) is 0.621. The zero-order valence-corrected chi connectivity index (χ0v) is 11.8. The number of carbonyl (C=O) groups is 1. The molecule has 3 nitrogen and oxygen atoms in total. The number of nitrogens with zero attached hydrogens (tertiary/aromatic N) is 2. The van der Waals surface area contributed by atoms with E-state index < -0.39 is 0 Å². The highest BCUT2D eigenvalue weighted by atomic mass is 79.9. The van der Waals surface area contributed by atoms with Crippen molar-refractivity contribution in [3.8, 4) is 0 Å². The molecule has 0 spiro atoms. The molecule has 2 heterocycles. The van der Waals surface area contributed by atoms with Crippen LogP contribution in [0.25, 0.3) is 0 Å². The predicted molar refractivity (Wildman–Crippen MR) is 72.5 cm³/mol. The number of hydrogen-bond donors (Lipinski definition) is 0. The topological polar surface area (TPSA) is 33.2 Å². The van der Waals surface area contributed by atoms with Crippen molar-refractivity contribution in [3.63, 3.8) is 0 Å². The molecule has 4 heteroatoms. The zero-order valence-electron chi connectivity index (χ0n) is 10.2. The molecular weight excluding hydrogens is 280 g/mol. The summed E-state index contributed by atoms with van der Waals surface area (Å²) in [6, 6.07) is 3.87. The molecule has 1 fully saturated rings. The number of rotatable bonds is 2. The highest BCUT2D eigenvalue weighted by Gasteiger charge is 2.23. The Hall–Kier alpha value is -0.900. The molecule has 0 saturated carbocycles. The first-order valence-corrected chi connectivity index (χ1v) is 6.76. The van der Waals surface area contributed by atoms with Crippen LogP contribution in [0.3, 0.4) is 0 Å². The van der Waals surface area contributed by atoms with E-state index >= 15 is 0 Å². The van der Waals surface area contributed by atoms with Gasteiger partial charge in [-0.3, -0.25) is 4.79 Å². The highest BCUT2D eigenvalue weighted by Crippen LogP contribution is 2.28. The average Bonchev–Trinajstić information content (AvgIpc) is 2.27. The molecule has 1 aromatic rings. The lowest BCUT2D eigenvalue weighted by Crippen LogP contribution is -2.39. The van der Waals surface area contributed by atoms with E-state index in [0.29, 0.717) is 22.1 Å². The van der Waals surface area contributed by atoms with Crippen LogP contribution >= 0.6 is 15.9 Å². The van der Waals surface area contributed by atoms with E-state index in [1.54, 1.807) is 0 Å². The van der Waals surface area contributed by atoms with E-state index in [1.807, 2.05) is 12.1 Å². The summed E-state index contributed by atoms with van der Waals surface area (Å²) >= 11 is 3.30. The van der Waals surface area contributed by atoms with Gasteiger partial charge < -0.3 is 4.90 Å².